The summed E-state index contributed by atoms with van der Waals surface area (Å²) in [6, 6.07) is 8.61. The van der Waals surface area contributed by atoms with Crippen molar-refractivity contribution in [3.05, 3.63) is 30.3 Å². The van der Waals surface area contributed by atoms with Gasteiger partial charge < -0.3 is 11.5 Å². The van der Waals surface area contributed by atoms with Crippen molar-refractivity contribution < 1.29 is 12.6 Å². The number of nitrogen functional groups attached to an aromatic ring is 1. The van der Waals surface area contributed by atoms with Crippen LogP contribution in [0.2, 0.25) is 0 Å². The highest BCUT2D eigenvalue weighted by Crippen LogP contribution is 2.40. The van der Waals surface area contributed by atoms with E-state index in [1.54, 1.807) is 6.07 Å². The predicted octanol–water partition coefficient (Wildman–Crippen LogP) is 1.64. The maximum atomic E-state index is 12.9. The number of para-hydroxylation sites is 1. The van der Waals surface area contributed by atoms with Crippen LogP contribution in [0.5, 0.6) is 0 Å². The topological polar surface area (TPSA) is 171 Å². The number of nitrogens with one attached hydrogen (secondary N) is 1. The molecule has 2 aromatic carbocycles. The van der Waals surface area contributed by atoms with Crippen LogP contribution in [-0.2, 0) is 25.7 Å². The minimum Gasteiger partial charge on any atom is -0.375 e. The SMILES string of the molecule is NCCCS(=O)(=O)c1ccc(-c2cccc3sc(N)nc23)c(-c2nn[nH]n2)c1[S+]=O. The molecular formula is C17H16N7O3S3+. The molecule has 0 fully saturated rings. The lowest BCUT2D eigenvalue weighted by Crippen LogP contribution is -2.13. The number of H-pyrrole nitrogens is 1. The molecule has 0 saturated heterocycles. The van der Waals surface area contributed by atoms with Gasteiger partial charge in [-0.05, 0) is 30.3 Å². The number of sulfone groups is 1. The predicted molar refractivity (Wildman–Crippen MR) is 115 cm³/mol. The van der Waals surface area contributed by atoms with Crippen molar-refractivity contribution in [2.75, 3.05) is 18.0 Å². The number of hydrogen-bond acceptors (Lipinski definition) is 10. The van der Waals surface area contributed by atoms with Gasteiger partial charge in [-0.25, -0.2) is 13.4 Å². The zero-order valence-corrected chi connectivity index (χ0v) is 17.9. The molecule has 0 bridgehead atoms. The Morgan fingerprint density at radius 3 is 2.70 bits per heavy atom. The zero-order chi connectivity index (χ0) is 21.3. The number of fused-ring (bicyclic) bond motifs is 1. The standard InChI is InChI=1S/C17H16N7O3S3/c18-7-2-8-30(26,27)12-6-5-9(13(15(12)29-25)16-21-23-24-22-16)10-3-1-4-11-14(10)20-17(19)28-11/h1,3-6H,2,7-8,18H2,(H2,19,20)(H,21,22,23,24)/q+1. The first-order valence-corrected chi connectivity index (χ1v) is 12.0. The Hall–Kier alpha value is -2.87. The van der Waals surface area contributed by atoms with Gasteiger partial charge in [-0.3, -0.25) is 0 Å². The first kappa shape index (κ1) is 20.4. The number of benzene rings is 2. The largest absolute Gasteiger partial charge is 0.507 e. The molecule has 0 unspecified atom stereocenters. The number of thiazole rings is 1. The number of anilines is 1. The summed E-state index contributed by atoms with van der Waals surface area (Å²) in [4.78, 5) is 4.32. The highest BCUT2D eigenvalue weighted by atomic mass is 32.2. The van der Waals surface area contributed by atoms with Crippen LogP contribution in [0.15, 0.2) is 40.1 Å². The number of nitrogens with zero attached hydrogens (tertiary/aromatic N) is 4. The van der Waals surface area contributed by atoms with Gasteiger partial charge in [-0.1, -0.05) is 29.5 Å². The van der Waals surface area contributed by atoms with Crippen LogP contribution in [-0.4, -0.2) is 46.3 Å². The molecule has 0 aliphatic carbocycles. The molecule has 5 N–H and O–H groups in total. The van der Waals surface area contributed by atoms with E-state index in [1.165, 1.54) is 17.4 Å². The van der Waals surface area contributed by atoms with Crippen LogP contribution in [0.1, 0.15) is 6.42 Å². The molecule has 4 rings (SSSR count). The fourth-order valence-electron chi connectivity index (χ4n) is 3.17. The summed E-state index contributed by atoms with van der Waals surface area (Å²) in [7, 11) is -3.74. The number of aromatic amines is 1. The van der Waals surface area contributed by atoms with E-state index in [-0.39, 0.29) is 51.6 Å². The van der Waals surface area contributed by atoms with E-state index in [2.05, 4.69) is 25.6 Å². The fraction of sp³-hybridized carbons (Fsp3) is 0.176. The average Bonchev–Trinajstić information content (AvgIpc) is 3.39. The molecule has 0 saturated carbocycles. The number of aromatic nitrogens is 5. The first-order valence-electron chi connectivity index (χ1n) is 8.75. The Balaban J connectivity index is 2.04. The van der Waals surface area contributed by atoms with Crippen LogP contribution in [0.3, 0.4) is 0 Å². The van der Waals surface area contributed by atoms with Gasteiger partial charge in [0.1, 0.15) is 10.5 Å². The second kappa shape index (κ2) is 8.10. The third kappa shape index (κ3) is 3.56. The van der Waals surface area contributed by atoms with E-state index in [9.17, 15) is 12.6 Å². The third-order valence-corrected chi connectivity index (χ3v) is 7.86. The van der Waals surface area contributed by atoms with Crippen molar-refractivity contribution in [3.8, 4) is 22.5 Å². The molecule has 10 nitrogen and oxygen atoms in total. The van der Waals surface area contributed by atoms with E-state index in [0.717, 1.165) is 4.70 Å². The molecule has 4 aromatic rings. The minimum absolute atomic E-state index is 0.00567. The first-order chi connectivity index (χ1) is 14.5. The van der Waals surface area contributed by atoms with Gasteiger partial charge in [0, 0.05) is 15.3 Å². The Bertz CT molecular complexity index is 1330. The Labute approximate surface area is 179 Å². The summed E-state index contributed by atoms with van der Waals surface area (Å²) in [5.74, 6) is -0.0558. The molecule has 154 valence electrons. The van der Waals surface area contributed by atoms with Crippen molar-refractivity contribution in [3.63, 3.8) is 0 Å². The fourth-order valence-corrected chi connectivity index (χ4v) is 6.28. The number of nitrogens with two attached hydrogens (primary N) is 2. The molecule has 0 aliphatic rings. The number of tetrazole rings is 1. The molecule has 0 atom stereocenters. The highest BCUT2D eigenvalue weighted by Gasteiger charge is 2.34. The van der Waals surface area contributed by atoms with Crippen LogP contribution < -0.4 is 11.5 Å². The quantitative estimate of drug-likeness (QED) is 0.345. The maximum Gasteiger partial charge on any atom is 0.507 e. The summed E-state index contributed by atoms with van der Waals surface area (Å²) >= 11 is 1.41. The normalized spacial score (nSPS) is 11.8. The second-order valence-corrected chi connectivity index (χ2v) is 10.0. The van der Waals surface area contributed by atoms with Gasteiger partial charge in [0.25, 0.3) is 0 Å². The van der Waals surface area contributed by atoms with E-state index in [4.69, 9.17) is 11.5 Å². The molecule has 2 aromatic heterocycles. The highest BCUT2D eigenvalue weighted by molar-refractivity contribution is 7.91. The Morgan fingerprint density at radius 2 is 2.00 bits per heavy atom. The van der Waals surface area contributed by atoms with Crippen LogP contribution in [0.4, 0.5) is 5.13 Å². The van der Waals surface area contributed by atoms with Crippen molar-refractivity contribution >= 4 is 48.2 Å². The van der Waals surface area contributed by atoms with Gasteiger partial charge in [0.15, 0.2) is 15.0 Å². The summed E-state index contributed by atoms with van der Waals surface area (Å²) in [5, 5.41) is 14.3. The molecular weight excluding hydrogens is 446 g/mol. The Morgan fingerprint density at radius 1 is 1.17 bits per heavy atom. The van der Waals surface area contributed by atoms with Gasteiger partial charge in [0.2, 0.25) is 5.82 Å². The lowest BCUT2D eigenvalue weighted by molar-refractivity contribution is 0.588. The lowest BCUT2D eigenvalue weighted by Gasteiger charge is -2.10. The van der Waals surface area contributed by atoms with Gasteiger partial charge in [0.05, 0.1) is 16.0 Å². The van der Waals surface area contributed by atoms with E-state index in [0.29, 0.717) is 21.8 Å². The monoisotopic (exact) mass is 462 g/mol. The third-order valence-electron chi connectivity index (χ3n) is 4.45. The number of rotatable bonds is 7. The molecule has 0 amide bonds. The zero-order valence-electron chi connectivity index (χ0n) is 15.4. The van der Waals surface area contributed by atoms with Gasteiger partial charge in [-0.2, -0.15) is 5.21 Å². The molecule has 0 aliphatic heterocycles. The molecule has 0 spiro atoms. The van der Waals surface area contributed by atoms with Gasteiger partial charge in [-0.15, -0.1) is 10.2 Å². The van der Waals surface area contributed by atoms with Crippen molar-refractivity contribution in [2.45, 2.75) is 16.2 Å². The Kier molecular flexibility index (Phi) is 5.51. The maximum absolute atomic E-state index is 12.9. The van der Waals surface area contributed by atoms with E-state index >= 15 is 0 Å². The lowest BCUT2D eigenvalue weighted by atomic mass is 9.98. The minimum atomic E-state index is -3.74. The average molecular weight is 463 g/mol. The smallest absolute Gasteiger partial charge is 0.375 e. The molecule has 2 heterocycles. The van der Waals surface area contributed by atoms with Crippen LogP contribution in [0.25, 0.3) is 32.7 Å². The van der Waals surface area contributed by atoms with Crippen LogP contribution in [0, 0.1) is 0 Å². The summed E-state index contributed by atoms with van der Waals surface area (Å²) in [6.07, 6.45) is 0.280. The summed E-state index contributed by atoms with van der Waals surface area (Å²) in [6.45, 7) is 0.224. The molecule has 30 heavy (non-hydrogen) atoms. The van der Waals surface area contributed by atoms with Gasteiger partial charge >= 0.3 is 16.6 Å². The molecule has 0 radical (unpaired) electrons. The van der Waals surface area contributed by atoms with E-state index in [1.807, 2.05) is 18.2 Å². The number of hydrogen-bond donors (Lipinski definition) is 3. The van der Waals surface area contributed by atoms with Crippen molar-refractivity contribution in [2.24, 2.45) is 5.73 Å². The second-order valence-electron chi connectivity index (χ2n) is 6.30. The van der Waals surface area contributed by atoms with Crippen molar-refractivity contribution in [1.29, 1.82) is 0 Å². The summed E-state index contributed by atoms with van der Waals surface area (Å²) < 4.78 is 38.7. The van der Waals surface area contributed by atoms with E-state index < -0.39 is 9.84 Å². The summed E-state index contributed by atoms with van der Waals surface area (Å²) in [5.41, 5.74) is 13.5. The molecule has 13 heteroatoms. The van der Waals surface area contributed by atoms with Crippen molar-refractivity contribution in [1.82, 2.24) is 25.6 Å². The van der Waals surface area contributed by atoms with Crippen LogP contribution >= 0.6 is 11.3 Å².